The molecule has 0 heterocycles. The van der Waals surface area contributed by atoms with Crippen LogP contribution in [-0.2, 0) is 0 Å². The minimum atomic E-state index is 0.928. The third kappa shape index (κ3) is 3.28. The maximum atomic E-state index is 3.90. The molecule has 0 fully saturated rings. The van der Waals surface area contributed by atoms with Crippen LogP contribution in [0.25, 0.3) is 0 Å². The van der Waals surface area contributed by atoms with Crippen LogP contribution in [0.1, 0.15) is 13.8 Å². The van der Waals surface area contributed by atoms with Gasteiger partial charge in [-0.2, -0.15) is 0 Å². The molecule has 2 heteroatoms. The first-order valence-corrected chi connectivity index (χ1v) is 4.49. The molecule has 0 N–H and O–H groups in total. The molecule has 0 spiro atoms. The second-order valence-corrected chi connectivity index (χ2v) is 2.54. The van der Waals surface area contributed by atoms with Gasteiger partial charge < -0.3 is 4.90 Å². The van der Waals surface area contributed by atoms with Gasteiger partial charge in [-0.25, -0.2) is 0 Å². The van der Waals surface area contributed by atoms with E-state index in [-0.39, 0.29) is 0 Å². The quantitative estimate of drug-likeness (QED) is 0.635. The van der Waals surface area contributed by atoms with Gasteiger partial charge in [-0.3, -0.25) is 4.99 Å². The summed E-state index contributed by atoms with van der Waals surface area (Å²) in [6.07, 6.45) is 0. The van der Waals surface area contributed by atoms with Gasteiger partial charge in [0, 0.05) is 14.1 Å². The predicted molar refractivity (Wildman–Crippen MR) is 61.3 cm³/mol. The van der Waals surface area contributed by atoms with Crippen LogP contribution in [0.4, 0.5) is 11.4 Å². The summed E-state index contributed by atoms with van der Waals surface area (Å²) in [5.74, 6) is 0. The van der Waals surface area contributed by atoms with E-state index in [9.17, 15) is 0 Å². The van der Waals surface area contributed by atoms with E-state index in [1.165, 1.54) is 0 Å². The van der Waals surface area contributed by atoms with E-state index in [0.717, 1.165) is 11.4 Å². The summed E-state index contributed by atoms with van der Waals surface area (Å²) in [5, 5.41) is 0. The normalized spacial score (nSPS) is 8.31. The first kappa shape index (κ1) is 11.7. The zero-order valence-electron chi connectivity index (χ0n) is 8.91. The van der Waals surface area contributed by atoms with Crippen LogP contribution in [0.5, 0.6) is 0 Å². The lowest BCUT2D eigenvalue weighted by atomic mass is 10.2. The lowest BCUT2D eigenvalue weighted by Crippen LogP contribution is -2.08. The van der Waals surface area contributed by atoms with Gasteiger partial charge in [0.25, 0.3) is 0 Å². The first-order valence-electron chi connectivity index (χ1n) is 4.49. The summed E-state index contributed by atoms with van der Waals surface area (Å²) in [7, 11) is 3.98. The zero-order valence-corrected chi connectivity index (χ0v) is 8.91. The van der Waals surface area contributed by atoms with Crippen molar-refractivity contribution in [2.24, 2.45) is 4.99 Å². The number of aliphatic imine (C=N–C) groups is 1. The van der Waals surface area contributed by atoms with Crippen molar-refractivity contribution in [1.82, 2.24) is 0 Å². The molecule has 0 aliphatic rings. The van der Waals surface area contributed by atoms with E-state index in [2.05, 4.69) is 11.7 Å². The Morgan fingerprint density at radius 3 is 2.08 bits per heavy atom. The number of anilines is 1. The Morgan fingerprint density at radius 1 is 1.15 bits per heavy atom. The van der Waals surface area contributed by atoms with Gasteiger partial charge in [0.2, 0.25) is 0 Å². The molecule has 0 aliphatic heterocycles. The largest absolute Gasteiger partial charge is 0.376 e. The molecule has 0 atom stereocenters. The van der Waals surface area contributed by atoms with Crippen LogP contribution < -0.4 is 4.90 Å². The van der Waals surface area contributed by atoms with Crippen LogP contribution in [0.3, 0.4) is 0 Å². The molecule has 0 saturated heterocycles. The molecule has 1 aromatic carbocycles. The fraction of sp³-hybridized carbons (Fsp3) is 0.364. The first-order chi connectivity index (χ1) is 6.25. The molecule has 1 aromatic rings. The van der Waals surface area contributed by atoms with Gasteiger partial charge >= 0.3 is 0 Å². The van der Waals surface area contributed by atoms with Gasteiger partial charge in [-0.05, 0) is 18.9 Å². The number of hydrogen-bond donors (Lipinski definition) is 0. The average Bonchev–Trinajstić information content (AvgIpc) is 2.20. The smallest absolute Gasteiger partial charge is 0.0855 e. The molecule has 0 radical (unpaired) electrons. The zero-order chi connectivity index (χ0) is 10.3. The van der Waals surface area contributed by atoms with Crippen LogP contribution >= 0.6 is 0 Å². The number of para-hydroxylation sites is 2. The van der Waals surface area contributed by atoms with E-state index < -0.39 is 0 Å². The molecule has 0 saturated carbocycles. The highest BCUT2D eigenvalue weighted by Gasteiger charge is 1.98. The fourth-order valence-corrected chi connectivity index (χ4v) is 0.976. The third-order valence-electron chi connectivity index (χ3n) is 1.53. The Hall–Kier alpha value is -1.31. The molecule has 0 unspecified atom stereocenters. The predicted octanol–water partition coefficient (Wildman–Crippen LogP) is 3.11. The fourth-order valence-electron chi connectivity index (χ4n) is 0.976. The topological polar surface area (TPSA) is 15.6 Å². The molecular formula is C11H18N2. The van der Waals surface area contributed by atoms with Crippen molar-refractivity contribution in [2.75, 3.05) is 19.0 Å². The Labute approximate surface area is 80.9 Å². The third-order valence-corrected chi connectivity index (χ3v) is 1.53. The Bertz CT molecular complexity index is 254. The van der Waals surface area contributed by atoms with Crippen LogP contribution in [-0.4, -0.2) is 20.8 Å². The SMILES string of the molecule is C=Nc1ccccc1N(C)C.CC. The second-order valence-electron chi connectivity index (χ2n) is 2.54. The Kier molecular flexibility index (Phi) is 5.60. The lowest BCUT2D eigenvalue weighted by Gasteiger charge is -2.13. The van der Waals surface area contributed by atoms with Crippen LogP contribution in [0.2, 0.25) is 0 Å². The van der Waals surface area contributed by atoms with Crippen molar-refractivity contribution in [2.45, 2.75) is 13.8 Å². The van der Waals surface area contributed by atoms with Crippen molar-refractivity contribution in [3.05, 3.63) is 24.3 Å². The molecule has 0 aliphatic carbocycles. The molecule has 0 aromatic heterocycles. The van der Waals surface area contributed by atoms with E-state index >= 15 is 0 Å². The average molecular weight is 178 g/mol. The van der Waals surface area contributed by atoms with E-state index in [1.54, 1.807) is 0 Å². The van der Waals surface area contributed by atoms with Crippen molar-refractivity contribution < 1.29 is 0 Å². The summed E-state index contributed by atoms with van der Waals surface area (Å²) < 4.78 is 0. The number of hydrogen-bond acceptors (Lipinski definition) is 2. The van der Waals surface area contributed by atoms with Gasteiger partial charge in [-0.1, -0.05) is 26.0 Å². The van der Waals surface area contributed by atoms with Crippen molar-refractivity contribution in [3.63, 3.8) is 0 Å². The maximum Gasteiger partial charge on any atom is 0.0855 e. The highest BCUT2D eigenvalue weighted by molar-refractivity contribution is 5.68. The summed E-state index contributed by atoms with van der Waals surface area (Å²) in [5.41, 5.74) is 2.03. The highest BCUT2D eigenvalue weighted by atomic mass is 15.1. The minimum Gasteiger partial charge on any atom is -0.376 e. The summed E-state index contributed by atoms with van der Waals surface area (Å²) in [4.78, 5) is 5.92. The molecule has 2 nitrogen and oxygen atoms in total. The highest BCUT2D eigenvalue weighted by Crippen LogP contribution is 2.25. The summed E-state index contributed by atoms with van der Waals surface area (Å²) >= 11 is 0. The van der Waals surface area contributed by atoms with Gasteiger partial charge in [-0.15, -0.1) is 0 Å². The van der Waals surface area contributed by atoms with Crippen molar-refractivity contribution in [3.8, 4) is 0 Å². The van der Waals surface area contributed by atoms with E-state index in [1.807, 2.05) is 57.1 Å². The second kappa shape index (κ2) is 6.23. The minimum absolute atomic E-state index is 0.928. The molecular weight excluding hydrogens is 160 g/mol. The van der Waals surface area contributed by atoms with Gasteiger partial charge in [0.1, 0.15) is 0 Å². The number of rotatable bonds is 2. The molecule has 13 heavy (non-hydrogen) atoms. The van der Waals surface area contributed by atoms with E-state index in [4.69, 9.17) is 0 Å². The molecule has 72 valence electrons. The molecule has 0 amide bonds. The summed E-state index contributed by atoms with van der Waals surface area (Å²) in [6, 6.07) is 7.91. The van der Waals surface area contributed by atoms with Crippen molar-refractivity contribution >= 4 is 18.1 Å². The number of benzene rings is 1. The monoisotopic (exact) mass is 178 g/mol. The molecule has 1 rings (SSSR count). The van der Waals surface area contributed by atoms with Crippen molar-refractivity contribution in [1.29, 1.82) is 0 Å². The standard InChI is InChI=1S/C9H12N2.C2H6/c1-10-8-6-4-5-7-9(8)11(2)3;1-2/h4-7H,1H2,2-3H3;1-2H3. The van der Waals surface area contributed by atoms with Gasteiger partial charge in [0.15, 0.2) is 0 Å². The van der Waals surface area contributed by atoms with Crippen LogP contribution in [0, 0.1) is 0 Å². The lowest BCUT2D eigenvalue weighted by molar-refractivity contribution is 1.13. The van der Waals surface area contributed by atoms with Crippen LogP contribution in [0.15, 0.2) is 29.3 Å². The summed E-state index contributed by atoms with van der Waals surface area (Å²) in [6.45, 7) is 7.50. The molecule has 0 bridgehead atoms. The Balaban J connectivity index is 0.000000671. The maximum absolute atomic E-state index is 3.90. The number of nitrogens with zero attached hydrogens (tertiary/aromatic N) is 2. The van der Waals surface area contributed by atoms with Gasteiger partial charge in [0.05, 0.1) is 11.4 Å². The Morgan fingerprint density at radius 2 is 1.69 bits per heavy atom. The van der Waals surface area contributed by atoms with E-state index in [0.29, 0.717) is 0 Å².